The second-order valence-electron chi connectivity index (χ2n) is 5.20. The van der Waals surface area contributed by atoms with Gasteiger partial charge in [-0.1, -0.05) is 18.1 Å². The topological polar surface area (TPSA) is 70.6 Å². The molecule has 0 atom stereocenters. The molecule has 1 saturated carbocycles. The van der Waals surface area contributed by atoms with Crippen molar-refractivity contribution in [1.82, 2.24) is 5.32 Å². The van der Waals surface area contributed by atoms with Gasteiger partial charge in [0.1, 0.15) is 5.82 Å². The van der Waals surface area contributed by atoms with E-state index in [1.807, 2.05) is 0 Å². The Morgan fingerprint density at radius 3 is 2.89 bits per heavy atom. The zero-order valence-corrected chi connectivity index (χ0v) is 10.4. The van der Waals surface area contributed by atoms with E-state index < -0.39 is 5.82 Å². The van der Waals surface area contributed by atoms with Gasteiger partial charge < -0.3 is 16.3 Å². The van der Waals surface area contributed by atoms with Crippen molar-refractivity contribution in [3.63, 3.8) is 0 Å². The number of hydrogen-bond acceptors (Lipinski definition) is 3. The molecule has 18 heavy (non-hydrogen) atoms. The minimum Gasteiger partial charge on any atom is -0.409 e. The van der Waals surface area contributed by atoms with Crippen molar-refractivity contribution < 1.29 is 9.60 Å². The first-order valence-electron chi connectivity index (χ1n) is 6.01. The number of rotatable bonds is 5. The van der Waals surface area contributed by atoms with Gasteiger partial charge in [-0.25, -0.2) is 4.39 Å². The molecule has 0 heterocycles. The van der Waals surface area contributed by atoms with Crippen LogP contribution in [0.1, 0.15) is 30.9 Å². The van der Waals surface area contributed by atoms with Gasteiger partial charge in [-0.15, -0.1) is 0 Å². The van der Waals surface area contributed by atoms with Crippen molar-refractivity contribution in [2.24, 2.45) is 16.3 Å². The highest BCUT2D eigenvalue weighted by atomic mass is 19.1. The van der Waals surface area contributed by atoms with E-state index in [0.717, 1.165) is 12.1 Å². The van der Waals surface area contributed by atoms with Crippen molar-refractivity contribution in [3.8, 4) is 0 Å². The van der Waals surface area contributed by atoms with Crippen molar-refractivity contribution in [2.75, 3.05) is 6.54 Å². The van der Waals surface area contributed by atoms with Crippen LogP contribution >= 0.6 is 0 Å². The van der Waals surface area contributed by atoms with Crippen molar-refractivity contribution >= 4 is 5.84 Å². The third-order valence-corrected chi connectivity index (χ3v) is 3.43. The van der Waals surface area contributed by atoms with Gasteiger partial charge in [0.2, 0.25) is 0 Å². The molecule has 0 aliphatic heterocycles. The van der Waals surface area contributed by atoms with Gasteiger partial charge in [-0.2, -0.15) is 0 Å². The highest BCUT2D eigenvalue weighted by Gasteiger charge is 2.36. The minimum atomic E-state index is -0.394. The van der Waals surface area contributed by atoms with Gasteiger partial charge in [-0.3, -0.25) is 0 Å². The average Bonchev–Trinajstić information content (AvgIpc) is 3.08. The van der Waals surface area contributed by atoms with E-state index in [2.05, 4.69) is 17.4 Å². The van der Waals surface area contributed by atoms with Crippen LogP contribution in [0.15, 0.2) is 23.4 Å². The summed E-state index contributed by atoms with van der Waals surface area (Å²) in [6.45, 7) is 3.75. The molecule has 1 fully saturated rings. The largest absolute Gasteiger partial charge is 0.409 e. The summed E-state index contributed by atoms with van der Waals surface area (Å²) in [7, 11) is 0. The maximum Gasteiger partial charge on any atom is 0.170 e. The highest BCUT2D eigenvalue weighted by Crippen LogP contribution is 2.44. The average molecular weight is 251 g/mol. The summed E-state index contributed by atoms with van der Waals surface area (Å²) >= 11 is 0. The lowest BCUT2D eigenvalue weighted by atomic mass is 10.1. The van der Waals surface area contributed by atoms with Crippen molar-refractivity contribution in [1.29, 1.82) is 0 Å². The van der Waals surface area contributed by atoms with Crippen LogP contribution in [0.25, 0.3) is 0 Å². The molecule has 2 rings (SSSR count). The Morgan fingerprint density at radius 1 is 1.56 bits per heavy atom. The van der Waals surface area contributed by atoms with Crippen LogP contribution in [-0.2, 0) is 6.54 Å². The van der Waals surface area contributed by atoms with Crippen LogP contribution in [0.4, 0.5) is 4.39 Å². The molecule has 0 spiro atoms. The fourth-order valence-electron chi connectivity index (χ4n) is 1.88. The van der Waals surface area contributed by atoms with Gasteiger partial charge in [0.15, 0.2) is 5.84 Å². The Balaban J connectivity index is 2.06. The maximum atomic E-state index is 13.2. The Bertz CT molecular complexity index is 469. The maximum absolute atomic E-state index is 13.2. The van der Waals surface area contributed by atoms with Crippen LogP contribution < -0.4 is 11.1 Å². The van der Waals surface area contributed by atoms with Crippen LogP contribution in [0.3, 0.4) is 0 Å². The fraction of sp³-hybridized carbons (Fsp3) is 0.462. The van der Waals surface area contributed by atoms with Crippen molar-refractivity contribution in [3.05, 3.63) is 35.1 Å². The summed E-state index contributed by atoms with van der Waals surface area (Å²) in [4.78, 5) is 0. The number of amidine groups is 1. The van der Waals surface area contributed by atoms with Crippen molar-refractivity contribution in [2.45, 2.75) is 26.3 Å². The highest BCUT2D eigenvalue weighted by molar-refractivity contribution is 5.98. The molecule has 1 aliphatic carbocycles. The molecule has 5 heteroatoms. The number of nitrogens with two attached hydrogens (primary N) is 1. The molecule has 1 aromatic rings. The van der Waals surface area contributed by atoms with E-state index in [4.69, 9.17) is 10.9 Å². The molecule has 98 valence electrons. The lowest BCUT2D eigenvalue weighted by Crippen LogP contribution is -2.24. The van der Waals surface area contributed by atoms with Crippen LogP contribution in [0.5, 0.6) is 0 Å². The van der Waals surface area contributed by atoms with Gasteiger partial charge in [0.05, 0.1) is 0 Å². The molecule has 1 aliphatic rings. The van der Waals surface area contributed by atoms with Crippen LogP contribution in [-0.4, -0.2) is 17.6 Å². The fourth-order valence-corrected chi connectivity index (χ4v) is 1.88. The number of oxime groups is 1. The second-order valence-corrected chi connectivity index (χ2v) is 5.20. The molecular weight excluding hydrogens is 233 g/mol. The Hall–Kier alpha value is -1.62. The third-order valence-electron chi connectivity index (χ3n) is 3.43. The third kappa shape index (κ3) is 2.98. The predicted molar refractivity (Wildman–Crippen MR) is 68.0 cm³/mol. The summed E-state index contributed by atoms with van der Waals surface area (Å²) in [6.07, 6.45) is 2.49. The number of halogens is 1. The number of nitrogens with zero attached hydrogens (tertiary/aromatic N) is 1. The molecule has 4 N–H and O–H groups in total. The first kappa shape index (κ1) is 12.8. The molecule has 0 amide bonds. The number of hydrogen-bond donors (Lipinski definition) is 3. The van der Waals surface area contributed by atoms with Gasteiger partial charge >= 0.3 is 0 Å². The second kappa shape index (κ2) is 4.94. The summed E-state index contributed by atoms with van der Waals surface area (Å²) in [6, 6.07) is 4.32. The lowest BCUT2D eigenvalue weighted by molar-refractivity contribution is 0.318. The first-order valence-corrected chi connectivity index (χ1v) is 6.01. The molecule has 0 aromatic heterocycles. The number of benzene rings is 1. The van der Waals surface area contributed by atoms with Gasteiger partial charge in [-0.05, 0) is 36.0 Å². The quantitative estimate of drug-likeness (QED) is 0.323. The summed E-state index contributed by atoms with van der Waals surface area (Å²) < 4.78 is 13.2. The Morgan fingerprint density at radius 2 is 2.28 bits per heavy atom. The van der Waals surface area contributed by atoms with E-state index in [9.17, 15) is 4.39 Å². The molecule has 4 nitrogen and oxygen atoms in total. The lowest BCUT2D eigenvalue weighted by Gasteiger charge is -2.12. The van der Waals surface area contributed by atoms with E-state index >= 15 is 0 Å². The smallest absolute Gasteiger partial charge is 0.170 e. The van der Waals surface area contributed by atoms with Crippen LogP contribution in [0.2, 0.25) is 0 Å². The number of nitrogens with one attached hydrogen (secondary N) is 1. The molecule has 0 unspecified atom stereocenters. The Labute approximate surface area is 106 Å². The molecule has 0 bridgehead atoms. The monoisotopic (exact) mass is 251 g/mol. The predicted octanol–water partition coefficient (Wildman–Crippen LogP) is 1.81. The zero-order valence-electron chi connectivity index (χ0n) is 10.4. The normalized spacial score (nSPS) is 17.8. The molecule has 0 radical (unpaired) electrons. The summed E-state index contributed by atoms with van der Waals surface area (Å²) in [5.74, 6) is -0.460. The minimum absolute atomic E-state index is 0.0658. The van der Waals surface area contributed by atoms with Gasteiger partial charge in [0, 0.05) is 18.7 Å². The van der Waals surface area contributed by atoms with Crippen LogP contribution in [0, 0.1) is 11.2 Å². The van der Waals surface area contributed by atoms with E-state index in [-0.39, 0.29) is 5.84 Å². The first-order chi connectivity index (χ1) is 8.54. The summed E-state index contributed by atoms with van der Waals surface area (Å²) in [5, 5.41) is 14.9. The Kier molecular flexibility index (Phi) is 3.52. The van der Waals surface area contributed by atoms with Gasteiger partial charge in [0.25, 0.3) is 0 Å². The molecule has 0 saturated heterocycles. The van der Waals surface area contributed by atoms with E-state index in [1.54, 1.807) is 6.07 Å². The standard InChI is InChI=1S/C13H18FN3O/c1-13(4-5-13)8-16-7-9-2-3-10(14)6-11(9)12(15)17-18/h2-3,6,16,18H,4-5,7-8H2,1H3,(H2,15,17). The van der Waals surface area contributed by atoms with E-state index in [1.165, 1.54) is 25.0 Å². The SMILES string of the molecule is CC1(CNCc2ccc(F)cc2/C(N)=N/O)CC1. The molecular formula is C13H18FN3O. The zero-order chi connectivity index (χ0) is 13.2. The van der Waals surface area contributed by atoms with E-state index in [0.29, 0.717) is 17.5 Å². The summed E-state index contributed by atoms with van der Waals surface area (Å²) in [5.41, 5.74) is 7.22. The molecule has 1 aromatic carbocycles.